The average molecular weight is 233 g/mol. The van der Waals surface area contributed by atoms with Gasteiger partial charge in [-0.05, 0) is 6.42 Å². The Hall–Kier alpha value is -2.11. The van der Waals surface area contributed by atoms with Gasteiger partial charge in [0.15, 0.2) is 5.82 Å². The first kappa shape index (κ1) is 11.4. The van der Waals surface area contributed by atoms with Crippen LogP contribution in [-0.4, -0.2) is 26.5 Å². The lowest BCUT2D eigenvalue weighted by molar-refractivity contribution is 0.618. The van der Waals surface area contributed by atoms with Crippen molar-refractivity contribution in [3.8, 4) is 11.3 Å². The summed E-state index contributed by atoms with van der Waals surface area (Å²) < 4.78 is 13.6. The van der Waals surface area contributed by atoms with E-state index in [-0.39, 0.29) is 5.69 Å². The highest BCUT2D eigenvalue weighted by Gasteiger charge is 2.09. The Bertz CT molecular complexity index is 488. The van der Waals surface area contributed by atoms with Crippen LogP contribution in [0.4, 0.5) is 10.3 Å². The Kier molecular flexibility index (Phi) is 3.54. The second-order valence-corrected chi connectivity index (χ2v) is 3.44. The molecule has 2 aromatic rings. The number of hydrogen-bond donors (Lipinski definition) is 1. The van der Waals surface area contributed by atoms with Gasteiger partial charge >= 0.3 is 0 Å². The van der Waals surface area contributed by atoms with Gasteiger partial charge in [0.2, 0.25) is 5.95 Å². The quantitative estimate of drug-likeness (QED) is 0.873. The van der Waals surface area contributed by atoms with Gasteiger partial charge in [-0.2, -0.15) is 0 Å². The molecular weight excluding hydrogens is 221 g/mol. The Morgan fingerprint density at radius 2 is 2.00 bits per heavy atom. The topological polar surface area (TPSA) is 63.6 Å². The first-order valence-corrected chi connectivity index (χ1v) is 5.33. The van der Waals surface area contributed by atoms with Crippen LogP contribution in [0.1, 0.15) is 13.3 Å². The summed E-state index contributed by atoms with van der Waals surface area (Å²) in [5.41, 5.74) is 0.742. The van der Waals surface area contributed by atoms with E-state index in [1.165, 1.54) is 18.7 Å². The van der Waals surface area contributed by atoms with Crippen molar-refractivity contribution in [3.05, 3.63) is 30.7 Å². The van der Waals surface area contributed by atoms with Crippen molar-refractivity contribution in [1.82, 2.24) is 19.9 Å². The fourth-order valence-electron chi connectivity index (χ4n) is 1.31. The van der Waals surface area contributed by atoms with Crippen LogP contribution in [0.5, 0.6) is 0 Å². The van der Waals surface area contributed by atoms with E-state index in [1.807, 2.05) is 6.92 Å². The third kappa shape index (κ3) is 2.72. The first-order valence-electron chi connectivity index (χ1n) is 5.33. The summed E-state index contributed by atoms with van der Waals surface area (Å²) in [4.78, 5) is 15.6. The summed E-state index contributed by atoms with van der Waals surface area (Å²) in [5, 5.41) is 3.00. The van der Waals surface area contributed by atoms with Gasteiger partial charge in [0, 0.05) is 24.5 Å². The van der Waals surface area contributed by atoms with Crippen LogP contribution in [0, 0.1) is 5.82 Å². The van der Waals surface area contributed by atoms with Gasteiger partial charge in [0.25, 0.3) is 0 Å². The van der Waals surface area contributed by atoms with Crippen LogP contribution in [0.15, 0.2) is 24.9 Å². The lowest BCUT2D eigenvalue weighted by Crippen LogP contribution is -2.05. The molecule has 0 saturated heterocycles. The van der Waals surface area contributed by atoms with Gasteiger partial charge in [0.05, 0.1) is 6.20 Å². The van der Waals surface area contributed by atoms with Crippen molar-refractivity contribution < 1.29 is 4.39 Å². The number of anilines is 1. The molecule has 0 atom stereocenters. The summed E-state index contributed by atoms with van der Waals surface area (Å²) in [6.45, 7) is 2.78. The Morgan fingerprint density at radius 3 is 2.71 bits per heavy atom. The van der Waals surface area contributed by atoms with Gasteiger partial charge in [0.1, 0.15) is 12.0 Å². The molecule has 0 radical (unpaired) electrons. The number of hydrogen-bond acceptors (Lipinski definition) is 5. The van der Waals surface area contributed by atoms with Gasteiger partial charge < -0.3 is 5.32 Å². The van der Waals surface area contributed by atoms with Crippen molar-refractivity contribution in [2.45, 2.75) is 13.3 Å². The highest BCUT2D eigenvalue weighted by molar-refractivity contribution is 5.58. The molecule has 0 aliphatic rings. The standard InChI is InChI=1S/C11H12FN5/c1-2-3-15-11-16-6-9(12)10(17-11)8-4-13-7-14-5-8/h4-7H,2-3H2,1H3,(H,15,16,17). The molecule has 0 aliphatic heterocycles. The van der Waals surface area contributed by atoms with Gasteiger partial charge in [-0.1, -0.05) is 6.92 Å². The normalized spacial score (nSPS) is 10.2. The summed E-state index contributed by atoms with van der Waals surface area (Å²) in [6, 6.07) is 0. The van der Waals surface area contributed by atoms with E-state index < -0.39 is 5.82 Å². The smallest absolute Gasteiger partial charge is 0.223 e. The maximum absolute atomic E-state index is 13.6. The van der Waals surface area contributed by atoms with Crippen LogP contribution in [-0.2, 0) is 0 Å². The third-order valence-electron chi connectivity index (χ3n) is 2.11. The van der Waals surface area contributed by atoms with Crippen LogP contribution in [0.3, 0.4) is 0 Å². The van der Waals surface area contributed by atoms with E-state index >= 15 is 0 Å². The van der Waals surface area contributed by atoms with Crippen molar-refractivity contribution >= 4 is 5.95 Å². The molecule has 1 N–H and O–H groups in total. The molecule has 5 nitrogen and oxygen atoms in total. The van der Waals surface area contributed by atoms with Crippen molar-refractivity contribution in [2.75, 3.05) is 11.9 Å². The van der Waals surface area contributed by atoms with E-state index in [1.54, 1.807) is 0 Å². The summed E-state index contributed by atoms with van der Waals surface area (Å²) in [6.07, 6.45) is 6.51. The second-order valence-electron chi connectivity index (χ2n) is 3.44. The van der Waals surface area contributed by atoms with E-state index in [2.05, 4.69) is 25.3 Å². The molecule has 0 bridgehead atoms. The fraction of sp³-hybridized carbons (Fsp3) is 0.273. The molecule has 0 unspecified atom stereocenters. The SMILES string of the molecule is CCCNc1ncc(F)c(-c2cncnc2)n1. The van der Waals surface area contributed by atoms with Crippen molar-refractivity contribution in [3.63, 3.8) is 0 Å². The molecule has 0 spiro atoms. The molecule has 88 valence electrons. The monoisotopic (exact) mass is 233 g/mol. The van der Waals surface area contributed by atoms with Gasteiger partial charge in [-0.3, -0.25) is 0 Å². The first-order chi connectivity index (χ1) is 8.31. The van der Waals surface area contributed by atoms with Crippen LogP contribution in [0.25, 0.3) is 11.3 Å². The second kappa shape index (κ2) is 5.29. The highest BCUT2D eigenvalue weighted by atomic mass is 19.1. The van der Waals surface area contributed by atoms with E-state index in [9.17, 15) is 4.39 Å². The lowest BCUT2D eigenvalue weighted by Gasteiger charge is -2.05. The Morgan fingerprint density at radius 1 is 1.24 bits per heavy atom. The zero-order valence-electron chi connectivity index (χ0n) is 9.39. The number of nitrogens with zero attached hydrogens (tertiary/aromatic N) is 4. The Labute approximate surface area is 98.2 Å². The van der Waals surface area contributed by atoms with E-state index in [0.29, 0.717) is 11.5 Å². The number of nitrogens with one attached hydrogen (secondary N) is 1. The number of rotatable bonds is 4. The number of aromatic nitrogens is 4. The molecule has 0 aromatic carbocycles. The molecule has 17 heavy (non-hydrogen) atoms. The lowest BCUT2D eigenvalue weighted by atomic mass is 10.2. The summed E-state index contributed by atoms with van der Waals surface area (Å²) >= 11 is 0. The van der Waals surface area contributed by atoms with E-state index in [0.717, 1.165) is 19.2 Å². The number of halogens is 1. The molecule has 2 heterocycles. The Balaban J connectivity index is 2.33. The van der Waals surface area contributed by atoms with Crippen molar-refractivity contribution in [2.24, 2.45) is 0 Å². The minimum Gasteiger partial charge on any atom is -0.354 e. The van der Waals surface area contributed by atoms with Gasteiger partial charge in [-0.15, -0.1) is 0 Å². The predicted molar refractivity (Wildman–Crippen MR) is 61.8 cm³/mol. The summed E-state index contributed by atoms with van der Waals surface area (Å²) in [7, 11) is 0. The third-order valence-corrected chi connectivity index (χ3v) is 2.11. The van der Waals surface area contributed by atoms with Crippen molar-refractivity contribution in [1.29, 1.82) is 0 Å². The predicted octanol–water partition coefficient (Wildman–Crippen LogP) is 1.89. The van der Waals surface area contributed by atoms with Gasteiger partial charge in [-0.25, -0.2) is 24.3 Å². The molecule has 0 amide bonds. The zero-order valence-corrected chi connectivity index (χ0v) is 9.39. The molecular formula is C11H12FN5. The highest BCUT2D eigenvalue weighted by Crippen LogP contribution is 2.19. The minimum absolute atomic E-state index is 0.208. The molecule has 0 aliphatic carbocycles. The summed E-state index contributed by atoms with van der Waals surface area (Å²) in [5.74, 6) is -0.0750. The molecule has 0 saturated carbocycles. The molecule has 0 fully saturated rings. The van der Waals surface area contributed by atoms with E-state index in [4.69, 9.17) is 0 Å². The largest absolute Gasteiger partial charge is 0.354 e. The average Bonchev–Trinajstić information content (AvgIpc) is 2.39. The van der Waals surface area contributed by atoms with Crippen LogP contribution >= 0.6 is 0 Å². The van der Waals surface area contributed by atoms with Crippen LogP contribution < -0.4 is 5.32 Å². The van der Waals surface area contributed by atoms with Crippen LogP contribution in [0.2, 0.25) is 0 Å². The fourth-order valence-corrected chi connectivity index (χ4v) is 1.31. The minimum atomic E-state index is -0.484. The molecule has 2 aromatic heterocycles. The maximum atomic E-state index is 13.6. The molecule has 6 heteroatoms. The molecule has 2 rings (SSSR count). The maximum Gasteiger partial charge on any atom is 0.223 e. The zero-order chi connectivity index (χ0) is 12.1.